The van der Waals surface area contributed by atoms with Gasteiger partial charge in [0.25, 0.3) is 0 Å². The van der Waals surface area contributed by atoms with E-state index < -0.39 is 0 Å². The van der Waals surface area contributed by atoms with Gasteiger partial charge in [0.15, 0.2) is 0 Å². The maximum atomic E-state index is 12.6. The number of aryl methyl sites for hydroxylation is 1. The molecule has 1 aliphatic rings. The van der Waals surface area contributed by atoms with Crippen LogP contribution in [0, 0.1) is 5.92 Å². The molecule has 25 heavy (non-hydrogen) atoms. The van der Waals surface area contributed by atoms with E-state index >= 15 is 0 Å². The number of carbonyl (C=O) groups excluding carboxylic acids is 1. The predicted octanol–water partition coefficient (Wildman–Crippen LogP) is 5.07. The Hall–Kier alpha value is -2.10. The predicted molar refractivity (Wildman–Crippen MR) is 103 cm³/mol. The van der Waals surface area contributed by atoms with Gasteiger partial charge in [-0.15, -0.1) is 0 Å². The van der Waals surface area contributed by atoms with Gasteiger partial charge in [-0.1, -0.05) is 64.8 Å². The quantitative estimate of drug-likeness (QED) is 0.817. The second-order valence-corrected chi connectivity index (χ2v) is 8.08. The van der Waals surface area contributed by atoms with Gasteiger partial charge in [0, 0.05) is 11.5 Å². The zero-order chi connectivity index (χ0) is 18.0. The highest BCUT2D eigenvalue weighted by Crippen LogP contribution is 2.33. The summed E-state index contributed by atoms with van der Waals surface area (Å²) in [4.78, 5) is 12.6. The van der Waals surface area contributed by atoms with Gasteiger partial charge in [-0.25, -0.2) is 0 Å². The minimum atomic E-state index is 0.123. The Kier molecular flexibility index (Phi) is 4.98. The Morgan fingerprint density at radius 1 is 1.20 bits per heavy atom. The molecule has 2 aromatic rings. The van der Waals surface area contributed by atoms with Gasteiger partial charge in [0.2, 0.25) is 5.91 Å². The summed E-state index contributed by atoms with van der Waals surface area (Å²) >= 11 is 0. The molecule has 0 aliphatic heterocycles. The molecule has 2 N–H and O–H groups in total. The minimum Gasteiger partial charge on any atom is -0.322 e. The fourth-order valence-electron chi connectivity index (χ4n) is 3.52. The third kappa shape index (κ3) is 3.78. The number of anilines is 1. The van der Waals surface area contributed by atoms with Crippen molar-refractivity contribution in [2.45, 2.75) is 65.2 Å². The molecule has 4 nitrogen and oxygen atoms in total. The molecule has 134 valence electrons. The van der Waals surface area contributed by atoms with E-state index in [1.807, 2.05) is 0 Å². The minimum absolute atomic E-state index is 0.123. The van der Waals surface area contributed by atoms with Crippen LogP contribution in [0.1, 0.15) is 64.6 Å². The molecule has 1 aromatic heterocycles. The molecule has 3 rings (SSSR count). The molecule has 1 saturated carbocycles. The number of nitrogens with one attached hydrogen (secondary N) is 2. The third-order valence-corrected chi connectivity index (χ3v) is 5.19. The molecule has 0 radical (unpaired) electrons. The summed E-state index contributed by atoms with van der Waals surface area (Å²) in [7, 11) is 0. The smallest absolute Gasteiger partial charge is 0.227 e. The highest BCUT2D eigenvalue weighted by atomic mass is 16.1. The Labute approximate surface area is 150 Å². The SMILES string of the molecule is CCc1[nH]nc(-c2ccc(C(C)(C)C)cc2)c1NC(=O)C1CCCC1. The zero-order valence-corrected chi connectivity index (χ0v) is 15.8. The number of hydrogen-bond donors (Lipinski definition) is 2. The van der Waals surface area contributed by atoms with E-state index in [2.05, 4.69) is 67.5 Å². The van der Waals surface area contributed by atoms with Crippen molar-refractivity contribution in [2.24, 2.45) is 5.92 Å². The van der Waals surface area contributed by atoms with Gasteiger partial charge < -0.3 is 5.32 Å². The monoisotopic (exact) mass is 339 g/mol. The van der Waals surface area contributed by atoms with Crippen LogP contribution in [0.15, 0.2) is 24.3 Å². The average Bonchev–Trinajstić information content (AvgIpc) is 3.24. The van der Waals surface area contributed by atoms with Crippen molar-refractivity contribution < 1.29 is 4.79 Å². The second-order valence-electron chi connectivity index (χ2n) is 8.08. The van der Waals surface area contributed by atoms with Crippen LogP contribution in [0.4, 0.5) is 5.69 Å². The molecule has 0 atom stereocenters. The topological polar surface area (TPSA) is 57.8 Å². The van der Waals surface area contributed by atoms with Crippen LogP contribution in [0.2, 0.25) is 0 Å². The summed E-state index contributed by atoms with van der Waals surface area (Å²) in [5.74, 6) is 0.289. The lowest BCUT2D eigenvalue weighted by molar-refractivity contribution is -0.119. The van der Waals surface area contributed by atoms with Gasteiger partial charge in [-0.2, -0.15) is 5.10 Å². The number of aromatic amines is 1. The molecule has 1 aromatic carbocycles. The lowest BCUT2D eigenvalue weighted by Gasteiger charge is -2.19. The largest absolute Gasteiger partial charge is 0.322 e. The van der Waals surface area contributed by atoms with E-state index in [1.165, 1.54) is 5.56 Å². The first-order chi connectivity index (χ1) is 11.9. The van der Waals surface area contributed by atoms with Crippen LogP contribution in [-0.4, -0.2) is 16.1 Å². The Morgan fingerprint density at radius 2 is 1.84 bits per heavy atom. The molecule has 1 aliphatic carbocycles. The van der Waals surface area contributed by atoms with E-state index in [9.17, 15) is 4.79 Å². The Morgan fingerprint density at radius 3 is 2.40 bits per heavy atom. The molecule has 1 fully saturated rings. The van der Waals surface area contributed by atoms with E-state index in [4.69, 9.17) is 0 Å². The number of nitrogens with zero attached hydrogens (tertiary/aromatic N) is 1. The van der Waals surface area contributed by atoms with E-state index in [-0.39, 0.29) is 17.2 Å². The fourth-order valence-corrected chi connectivity index (χ4v) is 3.52. The van der Waals surface area contributed by atoms with Gasteiger partial charge in [-0.05, 0) is 30.2 Å². The molecular formula is C21H29N3O. The summed E-state index contributed by atoms with van der Waals surface area (Å²) in [6.07, 6.45) is 5.13. The first-order valence-corrected chi connectivity index (χ1v) is 9.39. The van der Waals surface area contributed by atoms with Crippen molar-refractivity contribution in [3.05, 3.63) is 35.5 Å². The van der Waals surface area contributed by atoms with Crippen LogP contribution in [0.5, 0.6) is 0 Å². The molecule has 1 amide bonds. The van der Waals surface area contributed by atoms with Crippen LogP contribution in [0.3, 0.4) is 0 Å². The van der Waals surface area contributed by atoms with E-state index in [0.717, 1.165) is 54.7 Å². The lowest BCUT2D eigenvalue weighted by atomic mass is 9.86. The maximum Gasteiger partial charge on any atom is 0.227 e. The number of hydrogen-bond acceptors (Lipinski definition) is 2. The molecule has 4 heteroatoms. The number of aromatic nitrogens is 2. The zero-order valence-electron chi connectivity index (χ0n) is 15.8. The first kappa shape index (κ1) is 17.7. The van der Waals surface area contributed by atoms with E-state index in [0.29, 0.717) is 0 Å². The van der Waals surface area contributed by atoms with Crippen LogP contribution >= 0.6 is 0 Å². The summed E-state index contributed by atoms with van der Waals surface area (Å²) in [5, 5.41) is 10.8. The summed E-state index contributed by atoms with van der Waals surface area (Å²) < 4.78 is 0. The molecule has 0 bridgehead atoms. The summed E-state index contributed by atoms with van der Waals surface area (Å²) in [6, 6.07) is 8.50. The van der Waals surface area contributed by atoms with Crippen molar-refractivity contribution in [3.8, 4) is 11.3 Å². The summed E-state index contributed by atoms with van der Waals surface area (Å²) in [6.45, 7) is 8.70. The van der Waals surface area contributed by atoms with E-state index in [1.54, 1.807) is 0 Å². The molecule has 0 saturated heterocycles. The maximum absolute atomic E-state index is 12.6. The van der Waals surface area contributed by atoms with Crippen molar-refractivity contribution in [1.82, 2.24) is 10.2 Å². The number of amides is 1. The first-order valence-electron chi connectivity index (χ1n) is 9.39. The highest BCUT2D eigenvalue weighted by molar-refractivity contribution is 5.97. The van der Waals surface area contributed by atoms with Crippen LogP contribution in [-0.2, 0) is 16.6 Å². The standard InChI is InChI=1S/C21H29N3O/c1-5-17-19(22-20(25)15-8-6-7-9-15)18(24-23-17)14-10-12-16(13-11-14)21(2,3)4/h10-13,15H,5-9H2,1-4H3,(H,22,25)(H,23,24). The fraction of sp³-hybridized carbons (Fsp3) is 0.524. The molecule has 0 spiro atoms. The van der Waals surface area contributed by atoms with Crippen molar-refractivity contribution in [3.63, 3.8) is 0 Å². The van der Waals surface area contributed by atoms with Gasteiger partial charge in [-0.3, -0.25) is 9.89 Å². The number of H-pyrrole nitrogens is 1. The average molecular weight is 339 g/mol. The summed E-state index contributed by atoms with van der Waals surface area (Å²) in [5.41, 5.74) is 5.12. The third-order valence-electron chi connectivity index (χ3n) is 5.19. The van der Waals surface area contributed by atoms with Crippen molar-refractivity contribution >= 4 is 11.6 Å². The van der Waals surface area contributed by atoms with Gasteiger partial charge >= 0.3 is 0 Å². The Balaban J connectivity index is 1.89. The van der Waals surface area contributed by atoms with Crippen molar-refractivity contribution in [2.75, 3.05) is 5.32 Å². The molecule has 1 heterocycles. The van der Waals surface area contributed by atoms with Gasteiger partial charge in [0.1, 0.15) is 5.69 Å². The van der Waals surface area contributed by atoms with Crippen LogP contribution < -0.4 is 5.32 Å². The van der Waals surface area contributed by atoms with Crippen LogP contribution in [0.25, 0.3) is 11.3 Å². The van der Waals surface area contributed by atoms with Crippen molar-refractivity contribution in [1.29, 1.82) is 0 Å². The second kappa shape index (κ2) is 7.03. The van der Waals surface area contributed by atoms with Gasteiger partial charge in [0.05, 0.1) is 11.4 Å². The number of rotatable bonds is 4. The normalized spacial score (nSPS) is 15.5. The molecule has 0 unspecified atom stereocenters. The lowest BCUT2D eigenvalue weighted by Crippen LogP contribution is -2.21. The molecular weight excluding hydrogens is 310 g/mol. The number of carbonyl (C=O) groups is 1. The number of benzene rings is 1. The highest BCUT2D eigenvalue weighted by Gasteiger charge is 2.25. The Bertz CT molecular complexity index is 731.